The van der Waals surface area contributed by atoms with E-state index in [4.69, 9.17) is 9.31 Å². The third-order valence-corrected chi connectivity index (χ3v) is 5.82. The minimum absolute atomic E-state index is 0.0371. The molecule has 0 aromatic heterocycles. The van der Waals surface area contributed by atoms with Gasteiger partial charge in [-0.2, -0.15) is 0 Å². The van der Waals surface area contributed by atoms with Crippen molar-refractivity contribution in [1.29, 1.82) is 0 Å². The SMILES string of the molecule is COC(=O)c1ccc(CS(=O)(=O)NCB2OC(C)(C)C(C)(C)O2)cc1. The van der Waals surface area contributed by atoms with E-state index < -0.39 is 34.3 Å². The lowest BCUT2D eigenvalue weighted by Gasteiger charge is -2.32. The van der Waals surface area contributed by atoms with Crippen molar-refractivity contribution in [3.05, 3.63) is 35.4 Å². The average molecular weight is 369 g/mol. The summed E-state index contributed by atoms with van der Waals surface area (Å²) in [6.07, 6.45) is 0.0371. The molecule has 1 N–H and O–H groups in total. The van der Waals surface area contributed by atoms with Gasteiger partial charge in [0.15, 0.2) is 0 Å². The number of sulfonamides is 1. The number of rotatable bonds is 6. The lowest BCUT2D eigenvalue weighted by atomic mass is 9.90. The van der Waals surface area contributed by atoms with Crippen molar-refractivity contribution in [1.82, 2.24) is 4.72 Å². The zero-order chi connectivity index (χ0) is 18.9. The number of ether oxygens (including phenoxy) is 1. The maximum Gasteiger partial charge on any atom is 0.473 e. The largest absolute Gasteiger partial charge is 0.473 e. The number of benzene rings is 1. The molecule has 1 aliphatic rings. The second kappa shape index (κ2) is 7.07. The van der Waals surface area contributed by atoms with Gasteiger partial charge in [-0.3, -0.25) is 0 Å². The molecule has 2 rings (SSSR count). The van der Waals surface area contributed by atoms with Crippen LogP contribution in [0.5, 0.6) is 0 Å². The Hall–Kier alpha value is -1.42. The van der Waals surface area contributed by atoms with Gasteiger partial charge in [0.25, 0.3) is 0 Å². The molecule has 0 unspecified atom stereocenters. The summed E-state index contributed by atoms with van der Waals surface area (Å²) >= 11 is 0. The smallest absolute Gasteiger partial charge is 0.465 e. The number of esters is 1. The van der Waals surface area contributed by atoms with Crippen molar-refractivity contribution in [2.45, 2.75) is 44.6 Å². The first-order chi connectivity index (χ1) is 11.5. The summed E-state index contributed by atoms with van der Waals surface area (Å²) in [5.41, 5.74) is -0.0810. The van der Waals surface area contributed by atoms with Gasteiger partial charge in [0, 0.05) is 6.44 Å². The molecule has 1 aliphatic heterocycles. The van der Waals surface area contributed by atoms with Gasteiger partial charge in [-0.15, -0.1) is 0 Å². The van der Waals surface area contributed by atoms with Crippen LogP contribution in [0.1, 0.15) is 43.6 Å². The fourth-order valence-corrected chi connectivity index (χ4v) is 3.49. The van der Waals surface area contributed by atoms with Crippen LogP contribution in [-0.2, 0) is 29.8 Å². The Morgan fingerprint density at radius 2 is 1.64 bits per heavy atom. The third kappa shape index (κ3) is 4.81. The molecule has 0 aliphatic carbocycles. The predicted molar refractivity (Wildman–Crippen MR) is 94.5 cm³/mol. The van der Waals surface area contributed by atoms with Crippen LogP contribution in [0.4, 0.5) is 0 Å². The second-order valence-corrected chi connectivity index (χ2v) is 8.79. The van der Waals surface area contributed by atoms with E-state index in [1.807, 2.05) is 27.7 Å². The minimum Gasteiger partial charge on any atom is -0.465 e. The summed E-state index contributed by atoms with van der Waals surface area (Å²) in [4.78, 5) is 11.4. The van der Waals surface area contributed by atoms with Gasteiger partial charge < -0.3 is 14.0 Å². The van der Waals surface area contributed by atoms with Crippen molar-refractivity contribution in [3.63, 3.8) is 0 Å². The molecule has 7 nitrogen and oxygen atoms in total. The number of nitrogens with one attached hydrogen (secondary N) is 1. The van der Waals surface area contributed by atoms with Crippen molar-refractivity contribution in [3.8, 4) is 0 Å². The van der Waals surface area contributed by atoms with Gasteiger partial charge in [-0.1, -0.05) is 12.1 Å². The topological polar surface area (TPSA) is 90.9 Å². The normalized spacial score (nSPS) is 19.0. The lowest BCUT2D eigenvalue weighted by Crippen LogP contribution is -2.41. The van der Waals surface area contributed by atoms with E-state index in [0.717, 1.165) is 0 Å². The highest BCUT2D eigenvalue weighted by Crippen LogP contribution is 2.36. The molecule has 1 aromatic carbocycles. The zero-order valence-electron chi connectivity index (χ0n) is 15.2. The van der Waals surface area contributed by atoms with E-state index >= 15 is 0 Å². The number of hydrogen-bond acceptors (Lipinski definition) is 6. The molecule has 138 valence electrons. The van der Waals surface area contributed by atoms with Crippen LogP contribution in [0, 0.1) is 0 Å². The van der Waals surface area contributed by atoms with E-state index in [2.05, 4.69) is 9.46 Å². The average Bonchev–Trinajstić information content (AvgIpc) is 2.72. The fraction of sp³-hybridized carbons (Fsp3) is 0.562. The molecule has 1 saturated heterocycles. The molecule has 9 heteroatoms. The van der Waals surface area contributed by atoms with E-state index in [9.17, 15) is 13.2 Å². The Morgan fingerprint density at radius 3 is 2.12 bits per heavy atom. The number of carbonyl (C=O) groups is 1. The third-order valence-electron chi connectivity index (χ3n) is 4.50. The zero-order valence-corrected chi connectivity index (χ0v) is 16.0. The van der Waals surface area contributed by atoms with E-state index in [1.54, 1.807) is 12.1 Å². The molecule has 1 heterocycles. The predicted octanol–water partition coefficient (Wildman–Crippen LogP) is 1.52. The van der Waals surface area contributed by atoms with Crippen molar-refractivity contribution < 1.29 is 27.3 Å². The molecule has 1 fully saturated rings. The molecule has 0 atom stereocenters. The quantitative estimate of drug-likeness (QED) is 0.604. The first-order valence-electron chi connectivity index (χ1n) is 7.96. The van der Waals surface area contributed by atoms with Gasteiger partial charge in [0.1, 0.15) is 0 Å². The lowest BCUT2D eigenvalue weighted by molar-refractivity contribution is 0.00578. The molecule has 0 saturated carbocycles. The Kier molecular flexibility index (Phi) is 5.63. The minimum atomic E-state index is -3.56. The molecular weight excluding hydrogens is 345 g/mol. The van der Waals surface area contributed by atoms with Gasteiger partial charge in [0.05, 0.1) is 29.6 Å². The number of hydrogen-bond donors (Lipinski definition) is 1. The second-order valence-electron chi connectivity index (χ2n) is 6.98. The molecule has 0 bridgehead atoms. The summed E-state index contributed by atoms with van der Waals surface area (Å²) in [5.74, 6) is -0.665. The summed E-state index contributed by atoms with van der Waals surface area (Å²) < 4.78 is 43.1. The van der Waals surface area contributed by atoms with Crippen LogP contribution in [0.25, 0.3) is 0 Å². The molecule has 1 aromatic rings. The standard InChI is InChI=1S/C16H24BNO6S/c1-15(2)16(3,4)24-17(23-15)11-18-25(20,21)10-12-6-8-13(9-7-12)14(19)22-5/h6-9,18H,10-11H2,1-5H3. The molecule has 0 amide bonds. The van der Waals surface area contributed by atoms with Crippen molar-refractivity contribution in [2.75, 3.05) is 13.6 Å². The Morgan fingerprint density at radius 1 is 1.12 bits per heavy atom. The first kappa shape index (κ1) is 19.9. The highest BCUT2D eigenvalue weighted by molar-refractivity contribution is 7.88. The van der Waals surface area contributed by atoms with Gasteiger partial charge >= 0.3 is 13.1 Å². The fourth-order valence-electron chi connectivity index (χ4n) is 2.37. The Labute approximate surface area is 149 Å². The van der Waals surface area contributed by atoms with Crippen LogP contribution in [0.2, 0.25) is 0 Å². The number of carbonyl (C=O) groups excluding carboxylic acids is 1. The first-order valence-corrected chi connectivity index (χ1v) is 9.61. The van der Waals surface area contributed by atoms with Crippen LogP contribution in [0.3, 0.4) is 0 Å². The molecule has 25 heavy (non-hydrogen) atoms. The van der Waals surface area contributed by atoms with E-state index in [1.165, 1.54) is 19.2 Å². The van der Waals surface area contributed by atoms with Crippen molar-refractivity contribution >= 4 is 23.1 Å². The van der Waals surface area contributed by atoms with Crippen LogP contribution in [0.15, 0.2) is 24.3 Å². The van der Waals surface area contributed by atoms with Gasteiger partial charge in [-0.05, 0) is 45.4 Å². The van der Waals surface area contributed by atoms with E-state index in [0.29, 0.717) is 11.1 Å². The van der Waals surface area contributed by atoms with Crippen molar-refractivity contribution in [2.24, 2.45) is 0 Å². The van der Waals surface area contributed by atoms with Crippen LogP contribution < -0.4 is 4.72 Å². The van der Waals surface area contributed by atoms with Crippen LogP contribution >= 0.6 is 0 Å². The Bertz CT molecular complexity index is 713. The summed E-state index contributed by atoms with van der Waals surface area (Å²) in [7, 11) is -2.91. The molecule has 0 radical (unpaired) electrons. The number of methoxy groups -OCH3 is 1. The molecular formula is C16H24BNO6S. The van der Waals surface area contributed by atoms with Gasteiger partial charge in [0.2, 0.25) is 10.0 Å². The monoisotopic (exact) mass is 369 g/mol. The summed E-state index contributed by atoms with van der Waals surface area (Å²) in [6, 6.07) is 6.23. The van der Waals surface area contributed by atoms with E-state index in [-0.39, 0.29) is 12.2 Å². The van der Waals surface area contributed by atoms with Gasteiger partial charge in [-0.25, -0.2) is 17.9 Å². The highest BCUT2D eigenvalue weighted by Gasteiger charge is 2.51. The maximum absolute atomic E-state index is 12.2. The van der Waals surface area contributed by atoms with Crippen LogP contribution in [-0.4, -0.2) is 46.3 Å². The summed E-state index contributed by atoms with van der Waals surface area (Å²) in [5, 5.41) is 0. The Balaban J connectivity index is 1.93. The molecule has 0 spiro atoms. The highest BCUT2D eigenvalue weighted by atomic mass is 32.2. The summed E-state index contributed by atoms with van der Waals surface area (Å²) in [6.45, 7) is 7.63. The maximum atomic E-state index is 12.2.